The maximum absolute atomic E-state index is 5.88. The van der Waals surface area contributed by atoms with Crippen molar-refractivity contribution in [3.63, 3.8) is 0 Å². The smallest absolute Gasteiger partial charge is 0.130 e. The Kier molecular flexibility index (Phi) is 3.30. The van der Waals surface area contributed by atoms with Crippen LogP contribution in [-0.4, -0.2) is 25.9 Å². The molecule has 19 heavy (non-hydrogen) atoms. The second-order valence-corrected chi connectivity index (χ2v) is 4.77. The summed E-state index contributed by atoms with van der Waals surface area (Å²) in [4.78, 5) is 0. The normalized spacial score (nSPS) is 17.5. The van der Waals surface area contributed by atoms with E-state index in [1.54, 1.807) is 0 Å². The van der Waals surface area contributed by atoms with E-state index in [2.05, 4.69) is 25.1 Å². The molecule has 0 amide bonds. The van der Waals surface area contributed by atoms with Crippen LogP contribution >= 0.6 is 0 Å². The molecule has 1 aliphatic rings. The van der Waals surface area contributed by atoms with Gasteiger partial charge < -0.3 is 14.2 Å². The largest absolute Gasteiger partial charge is 0.493 e. The second-order valence-electron chi connectivity index (χ2n) is 4.77. The van der Waals surface area contributed by atoms with Crippen LogP contribution in [0.5, 0.6) is 11.5 Å². The summed E-state index contributed by atoms with van der Waals surface area (Å²) in [5, 5.41) is 2.20. The first-order chi connectivity index (χ1) is 9.29. The van der Waals surface area contributed by atoms with E-state index in [1.807, 2.05) is 19.1 Å². The van der Waals surface area contributed by atoms with Gasteiger partial charge in [-0.1, -0.05) is 24.3 Å². The van der Waals surface area contributed by atoms with Gasteiger partial charge in [-0.25, -0.2) is 0 Å². The number of rotatable bonds is 5. The van der Waals surface area contributed by atoms with E-state index >= 15 is 0 Å². The summed E-state index contributed by atoms with van der Waals surface area (Å²) in [6.45, 7) is 6.16. The number of benzene rings is 2. The van der Waals surface area contributed by atoms with Crippen LogP contribution in [0.1, 0.15) is 12.5 Å². The summed E-state index contributed by atoms with van der Waals surface area (Å²) in [6.07, 6.45) is 0.269. The highest BCUT2D eigenvalue weighted by atomic mass is 16.6. The molecule has 1 fully saturated rings. The summed E-state index contributed by atoms with van der Waals surface area (Å²) in [5.74, 6) is 1.86. The van der Waals surface area contributed by atoms with Crippen LogP contribution in [0.3, 0.4) is 0 Å². The lowest BCUT2D eigenvalue weighted by molar-refractivity contribution is 0.265. The van der Waals surface area contributed by atoms with Crippen LogP contribution in [0.4, 0.5) is 0 Å². The molecule has 3 rings (SSSR count). The Balaban J connectivity index is 2.03. The van der Waals surface area contributed by atoms with Crippen molar-refractivity contribution in [2.45, 2.75) is 20.0 Å². The van der Waals surface area contributed by atoms with Gasteiger partial charge in [-0.2, -0.15) is 0 Å². The minimum absolute atomic E-state index is 0.269. The first kappa shape index (κ1) is 12.3. The first-order valence-electron chi connectivity index (χ1n) is 6.69. The van der Waals surface area contributed by atoms with Crippen molar-refractivity contribution in [2.75, 3.05) is 19.8 Å². The number of epoxide rings is 1. The quantitative estimate of drug-likeness (QED) is 0.771. The van der Waals surface area contributed by atoms with E-state index in [-0.39, 0.29) is 6.10 Å². The van der Waals surface area contributed by atoms with Crippen LogP contribution in [0.2, 0.25) is 0 Å². The van der Waals surface area contributed by atoms with Crippen molar-refractivity contribution in [1.82, 2.24) is 0 Å². The van der Waals surface area contributed by atoms with Crippen LogP contribution in [0, 0.1) is 6.92 Å². The van der Waals surface area contributed by atoms with Crippen molar-refractivity contribution in [3.8, 4) is 11.5 Å². The average Bonchev–Trinajstić information content (AvgIpc) is 3.24. The molecule has 0 bridgehead atoms. The van der Waals surface area contributed by atoms with Gasteiger partial charge in [0.05, 0.1) is 13.2 Å². The number of aryl methyl sites for hydroxylation is 1. The molecule has 1 atom stereocenters. The average molecular weight is 258 g/mol. The lowest BCUT2D eigenvalue weighted by Crippen LogP contribution is -2.05. The van der Waals surface area contributed by atoms with Crippen LogP contribution < -0.4 is 9.47 Å². The minimum atomic E-state index is 0.269. The Morgan fingerprint density at radius 1 is 1.21 bits per heavy atom. The molecule has 0 spiro atoms. The lowest BCUT2D eigenvalue weighted by Gasteiger charge is -2.15. The molecular formula is C16H18O3. The Morgan fingerprint density at radius 3 is 2.63 bits per heavy atom. The standard InChI is InChI=1S/C16H18O3/c1-3-17-16-11(2)8-15(19-10-12-9-18-12)13-6-4-5-7-14(13)16/h4-8,12H,3,9-10H2,1-2H3. The molecule has 0 aromatic heterocycles. The molecule has 0 N–H and O–H groups in total. The molecule has 2 aromatic rings. The van der Waals surface area contributed by atoms with Crippen molar-refractivity contribution >= 4 is 10.8 Å². The topological polar surface area (TPSA) is 31.0 Å². The summed E-state index contributed by atoms with van der Waals surface area (Å²) in [6, 6.07) is 10.2. The van der Waals surface area contributed by atoms with Gasteiger partial charge in [0, 0.05) is 10.8 Å². The van der Waals surface area contributed by atoms with E-state index < -0.39 is 0 Å². The number of ether oxygens (including phenoxy) is 3. The van der Waals surface area contributed by atoms with Crippen LogP contribution in [-0.2, 0) is 4.74 Å². The highest BCUT2D eigenvalue weighted by Gasteiger charge is 2.23. The van der Waals surface area contributed by atoms with Crippen LogP contribution in [0.15, 0.2) is 30.3 Å². The van der Waals surface area contributed by atoms with Crippen molar-refractivity contribution in [3.05, 3.63) is 35.9 Å². The van der Waals surface area contributed by atoms with E-state index in [0.717, 1.165) is 34.4 Å². The summed E-state index contributed by atoms with van der Waals surface area (Å²) < 4.78 is 16.8. The molecule has 1 heterocycles. The van der Waals surface area contributed by atoms with Crippen molar-refractivity contribution in [2.24, 2.45) is 0 Å². The SMILES string of the molecule is CCOc1c(C)cc(OCC2CO2)c2ccccc12. The van der Waals surface area contributed by atoms with Gasteiger partial charge in [0.2, 0.25) is 0 Å². The third-order valence-corrected chi connectivity index (χ3v) is 3.26. The molecule has 1 saturated heterocycles. The Labute approximate surface area is 113 Å². The van der Waals surface area contributed by atoms with Gasteiger partial charge in [0.1, 0.15) is 24.2 Å². The van der Waals surface area contributed by atoms with Gasteiger partial charge in [-0.15, -0.1) is 0 Å². The minimum Gasteiger partial charge on any atom is -0.493 e. The maximum atomic E-state index is 5.88. The Morgan fingerprint density at radius 2 is 1.95 bits per heavy atom. The first-order valence-corrected chi connectivity index (χ1v) is 6.69. The maximum Gasteiger partial charge on any atom is 0.130 e. The predicted octanol–water partition coefficient (Wildman–Crippen LogP) is 3.32. The molecule has 2 aromatic carbocycles. The lowest BCUT2D eigenvalue weighted by atomic mass is 10.0. The Bertz CT molecular complexity index is 588. The summed E-state index contributed by atoms with van der Waals surface area (Å²) >= 11 is 0. The van der Waals surface area contributed by atoms with E-state index in [4.69, 9.17) is 14.2 Å². The zero-order valence-corrected chi connectivity index (χ0v) is 11.3. The highest BCUT2D eigenvalue weighted by molar-refractivity contribution is 5.94. The van der Waals surface area contributed by atoms with Crippen molar-refractivity contribution in [1.29, 1.82) is 0 Å². The fourth-order valence-corrected chi connectivity index (χ4v) is 2.25. The molecule has 3 nitrogen and oxygen atoms in total. The third kappa shape index (κ3) is 2.51. The molecular weight excluding hydrogens is 240 g/mol. The zero-order chi connectivity index (χ0) is 13.2. The number of hydrogen-bond donors (Lipinski definition) is 0. The summed E-state index contributed by atoms with van der Waals surface area (Å²) in [5.41, 5.74) is 1.10. The third-order valence-electron chi connectivity index (χ3n) is 3.26. The van der Waals surface area contributed by atoms with E-state index in [9.17, 15) is 0 Å². The van der Waals surface area contributed by atoms with Gasteiger partial charge >= 0.3 is 0 Å². The molecule has 0 saturated carbocycles. The summed E-state index contributed by atoms with van der Waals surface area (Å²) in [7, 11) is 0. The molecule has 0 aliphatic carbocycles. The monoisotopic (exact) mass is 258 g/mol. The fraction of sp³-hybridized carbons (Fsp3) is 0.375. The molecule has 100 valence electrons. The van der Waals surface area contributed by atoms with E-state index in [1.165, 1.54) is 0 Å². The number of hydrogen-bond acceptors (Lipinski definition) is 3. The predicted molar refractivity (Wildman–Crippen MR) is 75.1 cm³/mol. The van der Waals surface area contributed by atoms with Gasteiger partial charge in [0.15, 0.2) is 0 Å². The highest BCUT2D eigenvalue weighted by Crippen LogP contribution is 2.36. The molecule has 0 radical (unpaired) electrons. The van der Waals surface area contributed by atoms with Gasteiger partial charge in [-0.3, -0.25) is 0 Å². The molecule has 3 heteroatoms. The van der Waals surface area contributed by atoms with Gasteiger partial charge in [-0.05, 0) is 25.5 Å². The molecule has 1 aliphatic heterocycles. The molecule has 1 unspecified atom stereocenters. The van der Waals surface area contributed by atoms with Crippen LogP contribution in [0.25, 0.3) is 10.8 Å². The second kappa shape index (κ2) is 5.10. The fourth-order valence-electron chi connectivity index (χ4n) is 2.25. The Hall–Kier alpha value is -1.74. The zero-order valence-electron chi connectivity index (χ0n) is 11.3. The van der Waals surface area contributed by atoms with E-state index in [0.29, 0.717) is 13.2 Å². The van der Waals surface area contributed by atoms with Gasteiger partial charge in [0.25, 0.3) is 0 Å². The van der Waals surface area contributed by atoms with Crippen molar-refractivity contribution < 1.29 is 14.2 Å². The number of fused-ring (bicyclic) bond motifs is 1.